The molecule has 0 spiro atoms. The Morgan fingerprint density at radius 2 is 2.07 bits per heavy atom. The van der Waals surface area contributed by atoms with E-state index in [9.17, 15) is 4.79 Å². The van der Waals surface area contributed by atoms with Gasteiger partial charge in [0.05, 0.1) is 0 Å². The van der Waals surface area contributed by atoms with Gasteiger partial charge in [0.25, 0.3) is 0 Å². The Balaban J connectivity index is 2.94. The number of nitrogens with two attached hydrogens (primary N) is 1. The second kappa shape index (κ2) is 3.91. The summed E-state index contributed by atoms with van der Waals surface area (Å²) in [7, 11) is 0. The van der Waals surface area contributed by atoms with E-state index < -0.39 is 11.3 Å². The summed E-state index contributed by atoms with van der Waals surface area (Å²) in [6.45, 7) is 6.36. The topological polar surface area (TPSA) is 43.1 Å². The van der Waals surface area contributed by atoms with Gasteiger partial charge >= 0.3 is 0 Å². The maximum atomic E-state index is 10.9. The molecule has 1 rings (SSSR count). The second-order valence-corrected chi connectivity index (χ2v) is 5.77. The van der Waals surface area contributed by atoms with Crippen molar-refractivity contribution in [3.05, 3.63) is 21.9 Å². The van der Waals surface area contributed by atoms with Crippen LogP contribution in [0.25, 0.3) is 0 Å². The van der Waals surface area contributed by atoms with Crippen molar-refractivity contribution in [3.63, 3.8) is 0 Å². The summed E-state index contributed by atoms with van der Waals surface area (Å²) >= 11 is 7.38. The lowest BCUT2D eigenvalue weighted by Crippen LogP contribution is -2.16. The number of hydrogen-bond acceptors (Lipinski definition) is 2. The summed E-state index contributed by atoms with van der Waals surface area (Å²) in [6, 6.07) is 3.87. The highest BCUT2D eigenvalue weighted by molar-refractivity contribution is 7.12. The fraction of sp³-hybridized carbons (Fsp3) is 0.500. The van der Waals surface area contributed by atoms with Crippen molar-refractivity contribution < 1.29 is 4.79 Å². The number of halogens is 1. The van der Waals surface area contributed by atoms with Crippen molar-refractivity contribution >= 4 is 28.8 Å². The van der Waals surface area contributed by atoms with Crippen LogP contribution < -0.4 is 5.73 Å². The van der Waals surface area contributed by atoms with Crippen molar-refractivity contribution in [2.24, 2.45) is 5.73 Å². The average Bonchev–Trinajstić information content (AvgIpc) is 2.49. The summed E-state index contributed by atoms with van der Waals surface area (Å²) < 4.78 is 0. The predicted octanol–water partition coefficient (Wildman–Crippen LogP) is 2.81. The van der Waals surface area contributed by atoms with Crippen molar-refractivity contribution in [1.82, 2.24) is 0 Å². The molecule has 0 aromatic carbocycles. The molecule has 1 aromatic rings. The number of carbonyl (C=O) groups is 1. The Labute approximate surface area is 93.1 Å². The van der Waals surface area contributed by atoms with Crippen LogP contribution in [0.4, 0.5) is 0 Å². The van der Waals surface area contributed by atoms with Crippen LogP contribution in [-0.4, -0.2) is 5.91 Å². The van der Waals surface area contributed by atoms with Crippen LogP contribution in [0, 0.1) is 0 Å². The Kier molecular flexibility index (Phi) is 3.22. The van der Waals surface area contributed by atoms with Crippen molar-refractivity contribution in [2.75, 3.05) is 0 Å². The first kappa shape index (κ1) is 11.5. The molecule has 1 aromatic heterocycles. The molecule has 1 unspecified atom stereocenters. The fourth-order valence-electron chi connectivity index (χ4n) is 1.03. The van der Waals surface area contributed by atoms with Gasteiger partial charge in [-0.1, -0.05) is 20.8 Å². The predicted molar refractivity (Wildman–Crippen MR) is 60.8 cm³/mol. The smallest absolute Gasteiger partial charge is 0.240 e. The van der Waals surface area contributed by atoms with Gasteiger partial charge < -0.3 is 5.73 Å². The zero-order valence-electron chi connectivity index (χ0n) is 8.50. The van der Waals surface area contributed by atoms with Crippen molar-refractivity contribution in [2.45, 2.75) is 31.6 Å². The molecule has 78 valence electrons. The van der Waals surface area contributed by atoms with Crippen molar-refractivity contribution in [3.8, 4) is 0 Å². The monoisotopic (exact) mass is 231 g/mol. The van der Waals surface area contributed by atoms with Crippen LogP contribution in [0.1, 0.15) is 35.9 Å². The zero-order valence-corrected chi connectivity index (χ0v) is 10.1. The Bertz CT molecular complexity index is 340. The Hall–Kier alpha value is -0.540. The quantitative estimate of drug-likeness (QED) is 0.782. The molecular weight excluding hydrogens is 218 g/mol. The van der Waals surface area contributed by atoms with Crippen LogP contribution in [-0.2, 0) is 10.2 Å². The van der Waals surface area contributed by atoms with E-state index in [4.69, 9.17) is 17.3 Å². The van der Waals surface area contributed by atoms with Crippen molar-refractivity contribution in [1.29, 1.82) is 0 Å². The number of carbonyl (C=O) groups excluding carboxylic acids is 1. The summed E-state index contributed by atoms with van der Waals surface area (Å²) in [5.41, 5.74) is 5.22. The molecular formula is C10H14ClNOS. The van der Waals surface area contributed by atoms with E-state index in [-0.39, 0.29) is 5.41 Å². The first-order valence-corrected chi connectivity index (χ1v) is 5.61. The van der Waals surface area contributed by atoms with Gasteiger partial charge in [0.1, 0.15) is 5.38 Å². The SMILES string of the molecule is CC(C)(C)c1ccc(C(Cl)C(N)=O)s1. The zero-order chi connectivity index (χ0) is 10.9. The molecule has 1 heterocycles. The standard InChI is InChI=1S/C10H14ClNOS/c1-10(2,3)7-5-4-6(14-7)8(11)9(12)13/h4-5,8H,1-3H3,(H2,12,13). The Morgan fingerprint density at radius 3 is 2.43 bits per heavy atom. The van der Waals surface area contributed by atoms with Crippen LogP contribution in [0.2, 0.25) is 0 Å². The van der Waals surface area contributed by atoms with E-state index in [2.05, 4.69) is 20.8 Å². The Morgan fingerprint density at radius 1 is 1.50 bits per heavy atom. The van der Waals surface area contributed by atoms with Gasteiger partial charge in [0, 0.05) is 9.75 Å². The maximum absolute atomic E-state index is 10.9. The molecule has 1 amide bonds. The normalized spacial score (nSPS) is 14.0. The summed E-state index contributed by atoms with van der Waals surface area (Å²) in [6.07, 6.45) is 0. The van der Waals surface area contributed by atoms with Crippen LogP contribution >= 0.6 is 22.9 Å². The lowest BCUT2D eigenvalue weighted by atomic mass is 9.95. The highest BCUT2D eigenvalue weighted by Gasteiger charge is 2.21. The van der Waals surface area contributed by atoms with Gasteiger partial charge in [-0.15, -0.1) is 22.9 Å². The van der Waals surface area contributed by atoms with Gasteiger partial charge in [0.15, 0.2) is 0 Å². The molecule has 14 heavy (non-hydrogen) atoms. The highest BCUT2D eigenvalue weighted by Crippen LogP contribution is 2.34. The maximum Gasteiger partial charge on any atom is 0.240 e. The molecule has 0 fully saturated rings. The molecule has 0 aliphatic carbocycles. The summed E-state index contributed by atoms with van der Waals surface area (Å²) in [4.78, 5) is 12.9. The summed E-state index contributed by atoms with van der Waals surface area (Å²) in [5, 5.41) is -0.698. The summed E-state index contributed by atoms with van der Waals surface area (Å²) in [5.74, 6) is -0.492. The van der Waals surface area contributed by atoms with Gasteiger partial charge in [-0.25, -0.2) is 0 Å². The molecule has 0 bridgehead atoms. The average molecular weight is 232 g/mol. The molecule has 4 heteroatoms. The number of amides is 1. The third-order valence-electron chi connectivity index (χ3n) is 1.87. The second-order valence-electron chi connectivity index (χ2n) is 4.22. The van der Waals surface area contributed by atoms with Gasteiger partial charge in [-0.2, -0.15) is 0 Å². The van der Waals surface area contributed by atoms with Crippen LogP contribution in [0.15, 0.2) is 12.1 Å². The highest BCUT2D eigenvalue weighted by atomic mass is 35.5. The molecule has 0 aliphatic rings. The number of rotatable bonds is 2. The minimum absolute atomic E-state index is 0.0944. The van der Waals surface area contributed by atoms with E-state index in [1.54, 1.807) is 11.3 Å². The minimum atomic E-state index is -0.698. The lowest BCUT2D eigenvalue weighted by Gasteiger charge is -2.15. The van der Waals surface area contributed by atoms with E-state index in [1.807, 2.05) is 12.1 Å². The molecule has 0 aliphatic heterocycles. The molecule has 0 saturated heterocycles. The van der Waals surface area contributed by atoms with E-state index in [0.29, 0.717) is 0 Å². The molecule has 1 atom stereocenters. The largest absolute Gasteiger partial charge is 0.368 e. The van der Waals surface area contributed by atoms with Gasteiger partial charge in [-0.3, -0.25) is 4.79 Å². The fourth-order valence-corrected chi connectivity index (χ4v) is 2.29. The van der Waals surface area contributed by atoms with E-state index in [0.717, 1.165) is 4.88 Å². The molecule has 0 saturated carbocycles. The first-order chi connectivity index (χ1) is 6.32. The van der Waals surface area contributed by atoms with E-state index in [1.165, 1.54) is 4.88 Å². The molecule has 0 radical (unpaired) electrons. The number of primary amides is 1. The van der Waals surface area contributed by atoms with Gasteiger partial charge in [0.2, 0.25) is 5.91 Å². The molecule has 2 nitrogen and oxygen atoms in total. The minimum Gasteiger partial charge on any atom is -0.368 e. The third kappa shape index (κ3) is 2.49. The number of hydrogen-bond donors (Lipinski definition) is 1. The van der Waals surface area contributed by atoms with Crippen LogP contribution in [0.5, 0.6) is 0 Å². The van der Waals surface area contributed by atoms with Gasteiger partial charge in [-0.05, 0) is 17.5 Å². The lowest BCUT2D eigenvalue weighted by molar-refractivity contribution is -0.117. The number of thiophene rings is 1. The van der Waals surface area contributed by atoms with Crippen LogP contribution in [0.3, 0.4) is 0 Å². The first-order valence-electron chi connectivity index (χ1n) is 4.36. The van der Waals surface area contributed by atoms with E-state index >= 15 is 0 Å². The third-order valence-corrected chi connectivity index (χ3v) is 4.02. The molecule has 2 N–H and O–H groups in total. The number of alkyl halides is 1.